The number of carboxylic acids is 1. The SMILES string of the molecule is O=C(O)c1ccc(O)c(O)c1C(O)CCCO. The largest absolute Gasteiger partial charge is 0.504 e. The Morgan fingerprint density at radius 2 is 1.94 bits per heavy atom. The molecule has 1 unspecified atom stereocenters. The van der Waals surface area contributed by atoms with E-state index >= 15 is 0 Å². The lowest BCUT2D eigenvalue weighted by atomic mass is 9.97. The van der Waals surface area contributed by atoms with Gasteiger partial charge in [-0.25, -0.2) is 4.79 Å². The van der Waals surface area contributed by atoms with Gasteiger partial charge in [-0.3, -0.25) is 0 Å². The average molecular weight is 242 g/mol. The highest BCUT2D eigenvalue weighted by Gasteiger charge is 2.22. The second-order valence-electron chi connectivity index (χ2n) is 3.58. The Morgan fingerprint density at radius 1 is 1.29 bits per heavy atom. The van der Waals surface area contributed by atoms with Gasteiger partial charge in [-0.05, 0) is 25.0 Å². The van der Waals surface area contributed by atoms with Crippen LogP contribution in [-0.4, -0.2) is 38.1 Å². The molecule has 0 aliphatic carbocycles. The maximum atomic E-state index is 10.9. The van der Waals surface area contributed by atoms with E-state index < -0.39 is 23.6 Å². The second-order valence-corrected chi connectivity index (χ2v) is 3.58. The van der Waals surface area contributed by atoms with Crippen molar-refractivity contribution in [1.82, 2.24) is 0 Å². The van der Waals surface area contributed by atoms with E-state index in [1.54, 1.807) is 0 Å². The molecule has 6 heteroatoms. The van der Waals surface area contributed by atoms with Gasteiger partial charge in [0.2, 0.25) is 0 Å². The number of aliphatic hydroxyl groups is 2. The molecule has 1 aromatic rings. The average Bonchev–Trinajstić information content (AvgIpc) is 2.28. The van der Waals surface area contributed by atoms with Crippen molar-refractivity contribution in [2.75, 3.05) is 6.61 Å². The summed E-state index contributed by atoms with van der Waals surface area (Å²) in [7, 11) is 0. The summed E-state index contributed by atoms with van der Waals surface area (Å²) in [5, 5.41) is 46.1. The van der Waals surface area contributed by atoms with E-state index in [1.165, 1.54) is 0 Å². The number of aliphatic hydroxyl groups excluding tert-OH is 2. The molecule has 0 radical (unpaired) electrons. The molecule has 0 aromatic heterocycles. The highest BCUT2D eigenvalue weighted by atomic mass is 16.4. The number of phenols is 2. The summed E-state index contributed by atoms with van der Waals surface area (Å²) in [6.07, 6.45) is -0.899. The van der Waals surface area contributed by atoms with Crippen LogP contribution >= 0.6 is 0 Å². The van der Waals surface area contributed by atoms with E-state index in [2.05, 4.69) is 0 Å². The van der Waals surface area contributed by atoms with Crippen molar-refractivity contribution >= 4 is 5.97 Å². The molecular formula is C11H14O6. The van der Waals surface area contributed by atoms with Crippen LogP contribution in [0.2, 0.25) is 0 Å². The summed E-state index contributed by atoms with van der Waals surface area (Å²) in [4.78, 5) is 10.9. The standard InChI is InChI=1S/C11H14O6/c12-5-1-2-7(13)9-6(11(16)17)3-4-8(14)10(9)15/h3-4,7,12-15H,1-2,5H2,(H,16,17). The van der Waals surface area contributed by atoms with E-state index in [1.807, 2.05) is 0 Å². The zero-order valence-electron chi connectivity index (χ0n) is 9.00. The molecule has 0 fully saturated rings. The Labute approximate surface area is 97.4 Å². The molecule has 1 atom stereocenters. The Bertz CT molecular complexity index is 415. The van der Waals surface area contributed by atoms with Crippen LogP contribution in [0.15, 0.2) is 12.1 Å². The zero-order valence-corrected chi connectivity index (χ0v) is 9.00. The van der Waals surface area contributed by atoms with Crippen LogP contribution in [0.3, 0.4) is 0 Å². The molecule has 1 aromatic carbocycles. The highest BCUT2D eigenvalue weighted by molar-refractivity contribution is 5.91. The van der Waals surface area contributed by atoms with Gasteiger partial charge in [-0.1, -0.05) is 0 Å². The first-order chi connectivity index (χ1) is 7.99. The molecule has 0 bridgehead atoms. The summed E-state index contributed by atoms with van der Waals surface area (Å²) < 4.78 is 0. The number of benzene rings is 1. The minimum absolute atomic E-state index is 0.0911. The second kappa shape index (κ2) is 5.51. The molecule has 17 heavy (non-hydrogen) atoms. The van der Waals surface area contributed by atoms with E-state index in [0.29, 0.717) is 0 Å². The van der Waals surface area contributed by atoms with Gasteiger partial charge < -0.3 is 25.5 Å². The lowest BCUT2D eigenvalue weighted by Crippen LogP contribution is -2.08. The molecule has 6 nitrogen and oxygen atoms in total. The first-order valence-electron chi connectivity index (χ1n) is 5.06. The molecule has 1 rings (SSSR count). The van der Waals surface area contributed by atoms with Gasteiger partial charge in [-0.15, -0.1) is 0 Å². The summed E-state index contributed by atoms with van der Waals surface area (Å²) in [6.45, 7) is -0.154. The predicted molar refractivity (Wildman–Crippen MR) is 58.0 cm³/mol. The summed E-state index contributed by atoms with van der Waals surface area (Å²) in [5.74, 6) is -2.44. The predicted octanol–water partition coefficient (Wildman–Crippen LogP) is 0.602. The molecule has 0 aliphatic heterocycles. The van der Waals surface area contributed by atoms with Crippen LogP contribution in [0.25, 0.3) is 0 Å². The molecule has 5 N–H and O–H groups in total. The fourth-order valence-corrected chi connectivity index (χ4v) is 1.55. The number of rotatable bonds is 5. The van der Waals surface area contributed by atoms with Gasteiger partial charge in [-0.2, -0.15) is 0 Å². The van der Waals surface area contributed by atoms with E-state index in [4.69, 9.17) is 10.2 Å². The fraction of sp³-hybridized carbons (Fsp3) is 0.364. The van der Waals surface area contributed by atoms with Crippen LogP contribution in [0.4, 0.5) is 0 Å². The lowest BCUT2D eigenvalue weighted by Gasteiger charge is -2.15. The Morgan fingerprint density at radius 3 is 2.47 bits per heavy atom. The molecule has 0 aliphatic rings. The Kier molecular flexibility index (Phi) is 4.30. The minimum atomic E-state index is -1.31. The van der Waals surface area contributed by atoms with Crippen molar-refractivity contribution in [3.63, 3.8) is 0 Å². The van der Waals surface area contributed by atoms with Crippen LogP contribution in [0.5, 0.6) is 11.5 Å². The van der Waals surface area contributed by atoms with Gasteiger partial charge >= 0.3 is 5.97 Å². The van der Waals surface area contributed by atoms with Crippen molar-refractivity contribution < 1.29 is 30.3 Å². The third-order valence-electron chi connectivity index (χ3n) is 2.40. The monoisotopic (exact) mass is 242 g/mol. The topological polar surface area (TPSA) is 118 Å². The number of hydrogen-bond acceptors (Lipinski definition) is 5. The lowest BCUT2D eigenvalue weighted by molar-refractivity contribution is 0.0686. The molecule has 0 amide bonds. The highest BCUT2D eigenvalue weighted by Crippen LogP contribution is 2.37. The van der Waals surface area contributed by atoms with Gasteiger partial charge in [0.1, 0.15) is 0 Å². The molecule has 0 saturated carbocycles. The van der Waals surface area contributed by atoms with Crippen LogP contribution in [0.1, 0.15) is 34.9 Å². The van der Waals surface area contributed by atoms with Gasteiger partial charge in [0.25, 0.3) is 0 Å². The number of aromatic carboxylic acids is 1. The van der Waals surface area contributed by atoms with Crippen LogP contribution < -0.4 is 0 Å². The van der Waals surface area contributed by atoms with Crippen molar-refractivity contribution in [1.29, 1.82) is 0 Å². The van der Waals surface area contributed by atoms with E-state index in [-0.39, 0.29) is 30.6 Å². The first-order valence-corrected chi connectivity index (χ1v) is 5.06. The van der Waals surface area contributed by atoms with Crippen molar-refractivity contribution in [3.8, 4) is 11.5 Å². The molecule has 94 valence electrons. The number of phenolic OH excluding ortho intramolecular Hbond substituents is 2. The summed E-state index contributed by atoms with van der Waals surface area (Å²) >= 11 is 0. The molecule has 0 heterocycles. The first kappa shape index (κ1) is 13.3. The number of aromatic hydroxyl groups is 2. The van der Waals surface area contributed by atoms with Crippen molar-refractivity contribution in [3.05, 3.63) is 23.3 Å². The van der Waals surface area contributed by atoms with E-state index in [9.17, 15) is 20.1 Å². The number of hydrogen-bond donors (Lipinski definition) is 5. The van der Waals surface area contributed by atoms with Gasteiger partial charge in [0.05, 0.1) is 11.7 Å². The number of carbonyl (C=O) groups is 1. The summed E-state index contributed by atoms with van der Waals surface area (Å²) in [5.41, 5.74) is -0.503. The van der Waals surface area contributed by atoms with Gasteiger partial charge in [0, 0.05) is 12.2 Å². The normalized spacial score (nSPS) is 12.4. The van der Waals surface area contributed by atoms with Crippen LogP contribution in [0, 0.1) is 0 Å². The Hall–Kier alpha value is -1.79. The molecule has 0 spiro atoms. The van der Waals surface area contributed by atoms with Gasteiger partial charge in [0.15, 0.2) is 11.5 Å². The van der Waals surface area contributed by atoms with Crippen molar-refractivity contribution in [2.45, 2.75) is 18.9 Å². The Balaban J connectivity index is 3.18. The minimum Gasteiger partial charge on any atom is -0.504 e. The maximum Gasteiger partial charge on any atom is 0.336 e. The fourth-order valence-electron chi connectivity index (χ4n) is 1.55. The van der Waals surface area contributed by atoms with E-state index in [0.717, 1.165) is 12.1 Å². The summed E-state index contributed by atoms with van der Waals surface area (Å²) in [6, 6.07) is 2.15. The smallest absolute Gasteiger partial charge is 0.336 e. The van der Waals surface area contributed by atoms with Crippen LogP contribution in [-0.2, 0) is 0 Å². The third kappa shape index (κ3) is 2.86. The molecule has 0 saturated heterocycles. The van der Waals surface area contributed by atoms with Crippen molar-refractivity contribution in [2.24, 2.45) is 0 Å². The zero-order chi connectivity index (χ0) is 13.0. The molecular weight excluding hydrogens is 228 g/mol. The quantitative estimate of drug-likeness (QED) is 0.482. The maximum absolute atomic E-state index is 10.9. The number of carboxylic acid groups (broad SMARTS) is 1. The third-order valence-corrected chi connectivity index (χ3v) is 2.40.